The molecule has 1 fully saturated rings. The fourth-order valence-corrected chi connectivity index (χ4v) is 2.94. The van der Waals surface area contributed by atoms with Crippen molar-refractivity contribution in [2.24, 2.45) is 16.7 Å². The summed E-state index contributed by atoms with van der Waals surface area (Å²) in [6.45, 7) is 16.3. The smallest absolute Gasteiger partial charge is 0.109 e. The van der Waals surface area contributed by atoms with Gasteiger partial charge in [-0.2, -0.15) is 0 Å². The molecule has 18 heavy (non-hydrogen) atoms. The van der Waals surface area contributed by atoms with Crippen molar-refractivity contribution >= 4 is 0 Å². The van der Waals surface area contributed by atoms with E-state index < -0.39 is 17.8 Å². The van der Waals surface area contributed by atoms with Crippen LogP contribution in [0.3, 0.4) is 0 Å². The van der Waals surface area contributed by atoms with Crippen LogP contribution in [0.4, 0.5) is 0 Å². The zero-order valence-electron chi connectivity index (χ0n) is 13.1. The highest BCUT2D eigenvalue weighted by atomic mass is 16.5. The second kappa shape index (κ2) is 4.46. The van der Waals surface area contributed by atoms with E-state index in [2.05, 4.69) is 41.5 Å². The van der Waals surface area contributed by atoms with Crippen LogP contribution in [-0.4, -0.2) is 34.1 Å². The zero-order valence-corrected chi connectivity index (χ0v) is 13.1. The molecule has 3 unspecified atom stereocenters. The third-order valence-corrected chi connectivity index (χ3v) is 4.01. The van der Waals surface area contributed by atoms with Crippen LogP contribution in [0, 0.1) is 16.7 Å². The van der Waals surface area contributed by atoms with Gasteiger partial charge in [-0.3, -0.25) is 0 Å². The summed E-state index contributed by atoms with van der Waals surface area (Å²) in [5, 5.41) is 20.8. The monoisotopic (exact) mass is 258 g/mol. The second-order valence-electron chi connectivity index (χ2n) is 8.34. The summed E-state index contributed by atoms with van der Waals surface area (Å²) >= 11 is 0. The Morgan fingerprint density at radius 3 is 1.67 bits per heavy atom. The summed E-state index contributed by atoms with van der Waals surface area (Å²) < 4.78 is 6.15. The first-order valence-electron chi connectivity index (χ1n) is 6.82. The van der Waals surface area contributed by atoms with Crippen LogP contribution >= 0.6 is 0 Å². The SMILES string of the molecule is CC(C)(C)C1OC(C)(C)C(O)[C@@H](O)C1C(C)(C)C. The molecule has 0 aromatic carbocycles. The number of hydrogen-bond donors (Lipinski definition) is 2. The molecule has 0 amide bonds. The minimum Gasteiger partial charge on any atom is -0.390 e. The molecule has 0 aliphatic carbocycles. The number of rotatable bonds is 0. The lowest BCUT2D eigenvalue weighted by molar-refractivity contribution is -0.276. The van der Waals surface area contributed by atoms with Crippen LogP contribution in [0.25, 0.3) is 0 Å². The highest BCUT2D eigenvalue weighted by Gasteiger charge is 2.55. The fraction of sp³-hybridized carbons (Fsp3) is 1.00. The topological polar surface area (TPSA) is 49.7 Å². The molecule has 1 aliphatic heterocycles. The van der Waals surface area contributed by atoms with Crippen LogP contribution in [-0.2, 0) is 4.74 Å². The van der Waals surface area contributed by atoms with Crippen molar-refractivity contribution in [3.05, 3.63) is 0 Å². The average molecular weight is 258 g/mol. The lowest BCUT2D eigenvalue weighted by atomic mass is 9.63. The summed E-state index contributed by atoms with van der Waals surface area (Å²) in [7, 11) is 0. The first-order valence-corrected chi connectivity index (χ1v) is 6.82. The maximum atomic E-state index is 10.5. The second-order valence-corrected chi connectivity index (χ2v) is 8.34. The standard InChI is InChI=1S/C15H30O3/c1-13(2,3)9-10(16)11(17)15(7,8)18-12(9)14(4,5)6/h9-12,16-17H,1-8H3/t9?,10-,11?,12?/m0/s1. The summed E-state index contributed by atoms with van der Waals surface area (Å²) in [6.07, 6.45) is -1.68. The van der Waals surface area contributed by atoms with Crippen LogP contribution < -0.4 is 0 Å². The van der Waals surface area contributed by atoms with Gasteiger partial charge in [-0.25, -0.2) is 0 Å². The predicted octanol–water partition coefficient (Wildman–Crippen LogP) is 2.59. The first kappa shape index (κ1) is 15.9. The molecule has 0 saturated carbocycles. The first-order chi connectivity index (χ1) is 7.78. The van der Waals surface area contributed by atoms with E-state index >= 15 is 0 Å². The van der Waals surface area contributed by atoms with E-state index in [-0.39, 0.29) is 22.9 Å². The van der Waals surface area contributed by atoms with E-state index in [1.165, 1.54) is 0 Å². The van der Waals surface area contributed by atoms with Crippen molar-refractivity contribution in [3.63, 3.8) is 0 Å². The van der Waals surface area contributed by atoms with E-state index in [0.29, 0.717) is 0 Å². The fourth-order valence-electron chi connectivity index (χ4n) is 2.94. The van der Waals surface area contributed by atoms with Gasteiger partial charge in [0.25, 0.3) is 0 Å². The van der Waals surface area contributed by atoms with Gasteiger partial charge in [0.05, 0.1) is 17.8 Å². The Bertz CT molecular complexity index is 296. The molecular formula is C15H30O3. The number of aliphatic hydroxyl groups excluding tert-OH is 2. The third kappa shape index (κ3) is 2.89. The molecule has 1 saturated heterocycles. The Kier molecular flexibility index (Phi) is 3.95. The number of ether oxygens (including phenoxy) is 1. The van der Waals surface area contributed by atoms with Crippen molar-refractivity contribution in [2.75, 3.05) is 0 Å². The largest absolute Gasteiger partial charge is 0.390 e. The van der Waals surface area contributed by atoms with Gasteiger partial charge in [0.15, 0.2) is 0 Å². The van der Waals surface area contributed by atoms with Gasteiger partial charge in [-0.1, -0.05) is 41.5 Å². The van der Waals surface area contributed by atoms with Gasteiger partial charge >= 0.3 is 0 Å². The van der Waals surface area contributed by atoms with E-state index in [1.807, 2.05) is 13.8 Å². The minimum absolute atomic E-state index is 0.0731. The van der Waals surface area contributed by atoms with Crippen LogP contribution in [0.15, 0.2) is 0 Å². The van der Waals surface area contributed by atoms with Crippen LogP contribution in [0.1, 0.15) is 55.4 Å². The number of aliphatic hydroxyl groups is 2. The molecule has 0 aromatic heterocycles. The van der Waals surface area contributed by atoms with E-state index in [0.717, 1.165) is 0 Å². The number of hydrogen-bond acceptors (Lipinski definition) is 3. The molecule has 4 atom stereocenters. The molecule has 0 radical (unpaired) electrons. The van der Waals surface area contributed by atoms with Gasteiger partial charge in [0.2, 0.25) is 0 Å². The van der Waals surface area contributed by atoms with Gasteiger partial charge in [-0.15, -0.1) is 0 Å². The maximum Gasteiger partial charge on any atom is 0.109 e. The van der Waals surface area contributed by atoms with Gasteiger partial charge in [-0.05, 0) is 24.7 Å². The molecule has 1 aliphatic rings. The summed E-state index contributed by atoms with van der Waals surface area (Å²) in [6, 6.07) is 0. The van der Waals surface area contributed by atoms with Crippen LogP contribution in [0.2, 0.25) is 0 Å². The Balaban J connectivity index is 3.20. The molecule has 2 N–H and O–H groups in total. The van der Waals surface area contributed by atoms with Crippen molar-refractivity contribution in [3.8, 4) is 0 Å². The third-order valence-electron chi connectivity index (χ3n) is 4.01. The quantitative estimate of drug-likeness (QED) is 0.702. The van der Waals surface area contributed by atoms with E-state index in [4.69, 9.17) is 4.74 Å². The van der Waals surface area contributed by atoms with Crippen molar-refractivity contribution < 1.29 is 14.9 Å². The highest BCUT2D eigenvalue weighted by Crippen LogP contribution is 2.47. The Labute approximate surface area is 112 Å². The molecule has 1 rings (SSSR count). The van der Waals surface area contributed by atoms with Crippen molar-refractivity contribution in [1.82, 2.24) is 0 Å². The molecule has 3 nitrogen and oxygen atoms in total. The van der Waals surface area contributed by atoms with E-state index in [9.17, 15) is 10.2 Å². The molecule has 1 heterocycles. The average Bonchev–Trinajstić information content (AvgIpc) is 2.09. The lowest BCUT2D eigenvalue weighted by Crippen LogP contribution is -2.64. The molecule has 108 valence electrons. The van der Waals surface area contributed by atoms with Crippen molar-refractivity contribution in [2.45, 2.75) is 79.3 Å². The van der Waals surface area contributed by atoms with Gasteiger partial charge in [0.1, 0.15) is 6.10 Å². The Morgan fingerprint density at radius 2 is 1.33 bits per heavy atom. The predicted molar refractivity (Wildman–Crippen MR) is 73.4 cm³/mol. The summed E-state index contributed by atoms with van der Waals surface area (Å²) in [5.41, 5.74) is -0.899. The summed E-state index contributed by atoms with van der Waals surface area (Å²) in [5.74, 6) is -0.0828. The van der Waals surface area contributed by atoms with E-state index in [1.54, 1.807) is 0 Å². The lowest BCUT2D eigenvalue weighted by Gasteiger charge is -2.55. The maximum absolute atomic E-state index is 10.5. The van der Waals surface area contributed by atoms with Crippen molar-refractivity contribution in [1.29, 1.82) is 0 Å². The molecule has 0 bridgehead atoms. The Hall–Kier alpha value is -0.120. The normalized spacial score (nSPS) is 37.7. The van der Waals surface area contributed by atoms with Gasteiger partial charge in [0, 0.05) is 5.92 Å². The Morgan fingerprint density at radius 1 is 0.889 bits per heavy atom. The summed E-state index contributed by atoms with van der Waals surface area (Å²) in [4.78, 5) is 0. The molecular weight excluding hydrogens is 228 g/mol. The molecule has 0 spiro atoms. The zero-order chi connectivity index (χ0) is 14.5. The molecule has 0 aromatic rings. The highest BCUT2D eigenvalue weighted by molar-refractivity contribution is 5.03. The minimum atomic E-state index is -0.847. The van der Waals surface area contributed by atoms with Gasteiger partial charge < -0.3 is 14.9 Å². The molecule has 3 heteroatoms. The van der Waals surface area contributed by atoms with Crippen LogP contribution in [0.5, 0.6) is 0 Å².